The Bertz CT molecular complexity index is 998. The van der Waals surface area contributed by atoms with Crippen molar-refractivity contribution in [1.82, 2.24) is 5.01 Å². The summed E-state index contributed by atoms with van der Waals surface area (Å²) < 4.78 is 27.2. The SMILES string of the molecule is O=C(CN1N=NC2C(=O)N(c3ccc(F)cc3F)C(=O)C21)Nc1ccccc1. The summed E-state index contributed by atoms with van der Waals surface area (Å²) in [5.74, 6) is -3.91. The van der Waals surface area contributed by atoms with Gasteiger partial charge in [-0.15, -0.1) is 0 Å². The minimum Gasteiger partial charge on any atom is -0.324 e. The first-order valence-corrected chi connectivity index (χ1v) is 8.31. The van der Waals surface area contributed by atoms with Crippen LogP contribution in [0.25, 0.3) is 0 Å². The standard InChI is InChI=1S/C18H13F2N5O3/c19-10-6-7-13(12(20)8-10)25-17(27)15-16(18(25)28)24(23-22-15)9-14(26)21-11-4-2-1-3-5-11/h1-8,15-16H,9H2,(H,21,26). The fourth-order valence-electron chi connectivity index (χ4n) is 3.12. The largest absolute Gasteiger partial charge is 0.324 e. The lowest BCUT2D eigenvalue weighted by molar-refractivity contribution is -0.123. The second kappa shape index (κ2) is 6.80. The average molecular weight is 385 g/mol. The van der Waals surface area contributed by atoms with Crippen molar-refractivity contribution in [3.63, 3.8) is 0 Å². The van der Waals surface area contributed by atoms with Crippen molar-refractivity contribution in [2.45, 2.75) is 12.1 Å². The summed E-state index contributed by atoms with van der Waals surface area (Å²) in [4.78, 5) is 38.1. The molecule has 3 amide bonds. The van der Waals surface area contributed by atoms with Gasteiger partial charge in [0, 0.05) is 11.8 Å². The zero-order valence-corrected chi connectivity index (χ0v) is 14.3. The molecule has 0 aromatic heterocycles. The molecule has 8 nitrogen and oxygen atoms in total. The number of imide groups is 1. The molecular formula is C18H13F2N5O3. The highest BCUT2D eigenvalue weighted by molar-refractivity contribution is 6.25. The summed E-state index contributed by atoms with van der Waals surface area (Å²) in [6.45, 7) is -0.321. The minimum atomic E-state index is -1.18. The number of anilines is 2. The first-order valence-electron chi connectivity index (χ1n) is 8.31. The maximum absolute atomic E-state index is 14.1. The van der Waals surface area contributed by atoms with E-state index in [1.165, 1.54) is 0 Å². The molecule has 4 rings (SSSR count). The highest BCUT2D eigenvalue weighted by Crippen LogP contribution is 2.33. The third-order valence-electron chi connectivity index (χ3n) is 4.37. The van der Waals surface area contributed by atoms with Crippen LogP contribution in [0.2, 0.25) is 0 Å². The van der Waals surface area contributed by atoms with Crippen LogP contribution in [0.4, 0.5) is 20.2 Å². The zero-order valence-electron chi connectivity index (χ0n) is 14.3. The van der Waals surface area contributed by atoms with Gasteiger partial charge >= 0.3 is 0 Å². The monoisotopic (exact) mass is 385 g/mol. The van der Waals surface area contributed by atoms with Crippen molar-refractivity contribution in [2.75, 3.05) is 16.8 Å². The van der Waals surface area contributed by atoms with Gasteiger partial charge in [0.2, 0.25) is 5.91 Å². The summed E-state index contributed by atoms with van der Waals surface area (Å²) in [6, 6.07) is 8.86. The van der Waals surface area contributed by atoms with Gasteiger partial charge in [-0.3, -0.25) is 19.4 Å². The molecule has 0 aliphatic carbocycles. The van der Waals surface area contributed by atoms with Gasteiger partial charge < -0.3 is 5.32 Å². The number of carbonyl (C=O) groups excluding carboxylic acids is 3. The third kappa shape index (κ3) is 2.98. The van der Waals surface area contributed by atoms with Gasteiger partial charge in [0.1, 0.15) is 18.2 Å². The number of nitrogens with one attached hydrogen (secondary N) is 1. The third-order valence-corrected chi connectivity index (χ3v) is 4.37. The Morgan fingerprint density at radius 1 is 1.07 bits per heavy atom. The van der Waals surface area contributed by atoms with E-state index in [1.807, 2.05) is 0 Å². The van der Waals surface area contributed by atoms with Crippen molar-refractivity contribution in [2.24, 2.45) is 10.3 Å². The summed E-state index contributed by atoms with van der Waals surface area (Å²) in [7, 11) is 0. The molecule has 2 aliphatic rings. The Hall–Kier alpha value is -3.69. The van der Waals surface area contributed by atoms with Crippen LogP contribution in [0.3, 0.4) is 0 Å². The number of carbonyl (C=O) groups is 3. The van der Waals surface area contributed by atoms with Gasteiger partial charge in [0.05, 0.1) is 5.69 Å². The van der Waals surface area contributed by atoms with E-state index in [1.54, 1.807) is 30.3 Å². The Balaban J connectivity index is 1.52. The molecule has 2 unspecified atom stereocenters. The molecule has 1 saturated heterocycles. The average Bonchev–Trinajstić information content (AvgIpc) is 3.17. The first-order chi connectivity index (χ1) is 13.5. The fourth-order valence-corrected chi connectivity index (χ4v) is 3.12. The van der Waals surface area contributed by atoms with Crippen LogP contribution in [-0.4, -0.2) is 41.4 Å². The number of hydrogen-bond donors (Lipinski definition) is 1. The molecule has 0 bridgehead atoms. The number of halogens is 2. The van der Waals surface area contributed by atoms with E-state index >= 15 is 0 Å². The van der Waals surface area contributed by atoms with Crippen LogP contribution in [0, 0.1) is 11.6 Å². The Morgan fingerprint density at radius 2 is 1.82 bits per heavy atom. The van der Waals surface area contributed by atoms with Crippen LogP contribution < -0.4 is 10.2 Å². The second-order valence-electron chi connectivity index (χ2n) is 6.21. The lowest BCUT2D eigenvalue weighted by Gasteiger charge is -2.20. The number of hydrogen-bond acceptors (Lipinski definition) is 6. The van der Waals surface area contributed by atoms with E-state index in [-0.39, 0.29) is 12.2 Å². The highest BCUT2D eigenvalue weighted by Gasteiger charge is 2.55. The maximum Gasteiger partial charge on any atom is 0.263 e. The molecule has 1 N–H and O–H groups in total. The predicted molar refractivity (Wildman–Crippen MR) is 93.1 cm³/mol. The Labute approximate surface area is 157 Å². The lowest BCUT2D eigenvalue weighted by atomic mass is 10.1. The molecule has 10 heteroatoms. The number of nitrogens with zero attached hydrogens (tertiary/aromatic N) is 4. The minimum absolute atomic E-state index is 0.321. The van der Waals surface area contributed by atoms with Crippen molar-refractivity contribution in [1.29, 1.82) is 0 Å². The second-order valence-corrected chi connectivity index (χ2v) is 6.21. The molecule has 2 atom stereocenters. The van der Waals surface area contributed by atoms with E-state index in [0.717, 1.165) is 17.1 Å². The van der Waals surface area contributed by atoms with E-state index in [4.69, 9.17) is 0 Å². The number of para-hydroxylation sites is 1. The van der Waals surface area contributed by atoms with E-state index < -0.39 is 41.4 Å². The Kier molecular flexibility index (Phi) is 4.30. The van der Waals surface area contributed by atoms with Crippen molar-refractivity contribution in [3.05, 3.63) is 60.2 Å². The van der Waals surface area contributed by atoms with Crippen molar-refractivity contribution < 1.29 is 23.2 Å². The van der Waals surface area contributed by atoms with Gasteiger partial charge in [0.15, 0.2) is 12.1 Å². The normalized spacial score (nSPS) is 20.6. The van der Waals surface area contributed by atoms with Crippen LogP contribution in [-0.2, 0) is 14.4 Å². The van der Waals surface area contributed by atoms with Crippen LogP contribution >= 0.6 is 0 Å². The number of fused-ring (bicyclic) bond motifs is 1. The number of benzene rings is 2. The van der Waals surface area contributed by atoms with E-state index in [9.17, 15) is 23.2 Å². The fraction of sp³-hybridized carbons (Fsp3) is 0.167. The van der Waals surface area contributed by atoms with E-state index in [2.05, 4.69) is 15.7 Å². The van der Waals surface area contributed by atoms with Crippen molar-refractivity contribution >= 4 is 29.1 Å². The van der Waals surface area contributed by atoms with Crippen LogP contribution in [0.5, 0.6) is 0 Å². The topological polar surface area (TPSA) is 94.4 Å². The molecule has 142 valence electrons. The zero-order chi connectivity index (χ0) is 19.8. The Morgan fingerprint density at radius 3 is 2.54 bits per heavy atom. The first kappa shape index (κ1) is 17.7. The van der Waals surface area contributed by atoms with Gasteiger partial charge in [-0.1, -0.05) is 23.4 Å². The number of amides is 3. The maximum atomic E-state index is 14.1. The molecule has 1 fully saturated rings. The molecule has 2 aromatic carbocycles. The van der Waals surface area contributed by atoms with Crippen molar-refractivity contribution in [3.8, 4) is 0 Å². The number of rotatable bonds is 4. The molecule has 0 saturated carbocycles. The molecule has 0 radical (unpaired) electrons. The van der Waals surface area contributed by atoms with Gasteiger partial charge in [-0.05, 0) is 24.3 Å². The quantitative estimate of drug-likeness (QED) is 0.814. The highest BCUT2D eigenvalue weighted by atomic mass is 19.1. The smallest absolute Gasteiger partial charge is 0.263 e. The predicted octanol–water partition coefficient (Wildman–Crippen LogP) is 1.90. The molecule has 2 aliphatic heterocycles. The van der Waals surface area contributed by atoms with Crippen LogP contribution in [0.1, 0.15) is 0 Å². The lowest BCUT2D eigenvalue weighted by Crippen LogP contribution is -2.43. The molecule has 2 aromatic rings. The van der Waals surface area contributed by atoms with Gasteiger partial charge in [-0.25, -0.2) is 13.7 Å². The molecular weight excluding hydrogens is 372 g/mol. The van der Waals surface area contributed by atoms with Gasteiger partial charge in [-0.2, -0.15) is 5.11 Å². The molecule has 0 spiro atoms. The summed E-state index contributed by atoms with van der Waals surface area (Å²) >= 11 is 0. The van der Waals surface area contributed by atoms with Crippen LogP contribution in [0.15, 0.2) is 58.9 Å². The summed E-state index contributed by atoms with van der Waals surface area (Å²) in [6.07, 6.45) is 0. The summed E-state index contributed by atoms with van der Waals surface area (Å²) in [5.41, 5.74) is 0.193. The summed E-state index contributed by atoms with van der Waals surface area (Å²) in [5, 5.41) is 11.2. The molecule has 28 heavy (non-hydrogen) atoms. The van der Waals surface area contributed by atoms with Gasteiger partial charge in [0.25, 0.3) is 11.8 Å². The van der Waals surface area contributed by atoms with E-state index in [0.29, 0.717) is 16.7 Å². The molecule has 2 heterocycles.